The van der Waals surface area contributed by atoms with Crippen LogP contribution in [0, 0.1) is 17.8 Å². The molecule has 2 bridgehead atoms. The summed E-state index contributed by atoms with van der Waals surface area (Å²) in [5.41, 5.74) is 0.740. The molecule has 1 aromatic rings. The van der Waals surface area contributed by atoms with Crippen LogP contribution in [0.4, 0.5) is 10.5 Å². The highest BCUT2D eigenvalue weighted by Crippen LogP contribution is 2.48. The van der Waals surface area contributed by atoms with Gasteiger partial charge in [0.05, 0.1) is 6.61 Å². The van der Waals surface area contributed by atoms with E-state index in [2.05, 4.69) is 10.6 Å². The van der Waals surface area contributed by atoms with Crippen molar-refractivity contribution in [3.8, 4) is 5.75 Å². The maximum atomic E-state index is 12.2. The molecule has 0 aliphatic heterocycles. The van der Waals surface area contributed by atoms with E-state index in [1.54, 1.807) is 0 Å². The van der Waals surface area contributed by atoms with E-state index in [4.69, 9.17) is 4.74 Å². The van der Waals surface area contributed by atoms with Gasteiger partial charge in [0, 0.05) is 24.3 Å². The molecule has 0 saturated heterocycles. The number of ether oxygens (including phenoxy) is 1. The van der Waals surface area contributed by atoms with E-state index in [0.29, 0.717) is 18.4 Å². The summed E-state index contributed by atoms with van der Waals surface area (Å²) < 4.78 is 5.38. The summed E-state index contributed by atoms with van der Waals surface area (Å²) in [6, 6.07) is 7.25. The molecular formula is C17H24N2O3. The molecule has 5 heteroatoms. The molecule has 2 saturated carbocycles. The van der Waals surface area contributed by atoms with Gasteiger partial charge in [0.2, 0.25) is 0 Å². The molecule has 3 rings (SSSR count). The van der Waals surface area contributed by atoms with Gasteiger partial charge in [0.1, 0.15) is 5.75 Å². The fourth-order valence-corrected chi connectivity index (χ4v) is 4.02. The molecule has 120 valence electrons. The largest absolute Gasteiger partial charge is 0.494 e. The molecule has 1 aromatic carbocycles. The second-order valence-corrected chi connectivity index (χ2v) is 6.26. The van der Waals surface area contributed by atoms with Gasteiger partial charge in [-0.2, -0.15) is 0 Å². The first kappa shape index (κ1) is 15.2. The van der Waals surface area contributed by atoms with Crippen molar-refractivity contribution in [2.75, 3.05) is 18.5 Å². The number of benzene rings is 1. The Labute approximate surface area is 131 Å². The lowest BCUT2D eigenvalue weighted by molar-refractivity contribution is 0.146. The molecule has 0 spiro atoms. The zero-order valence-electron chi connectivity index (χ0n) is 12.9. The van der Waals surface area contributed by atoms with Gasteiger partial charge in [-0.15, -0.1) is 0 Å². The zero-order chi connectivity index (χ0) is 15.5. The molecule has 0 heterocycles. The lowest BCUT2D eigenvalue weighted by atomic mass is 9.85. The number of aliphatic hydroxyl groups excluding tert-OH is 1. The fraction of sp³-hybridized carbons (Fsp3) is 0.588. The van der Waals surface area contributed by atoms with Crippen molar-refractivity contribution in [1.29, 1.82) is 0 Å². The Morgan fingerprint density at radius 1 is 1.27 bits per heavy atom. The first-order chi connectivity index (χ1) is 10.7. The number of amides is 2. The molecule has 5 nitrogen and oxygen atoms in total. The molecule has 22 heavy (non-hydrogen) atoms. The first-order valence-electron chi connectivity index (χ1n) is 8.12. The number of hydrogen-bond acceptors (Lipinski definition) is 3. The topological polar surface area (TPSA) is 70.6 Å². The number of hydrogen-bond donors (Lipinski definition) is 3. The van der Waals surface area contributed by atoms with Crippen LogP contribution in [0.5, 0.6) is 5.75 Å². The van der Waals surface area contributed by atoms with Crippen molar-refractivity contribution in [2.45, 2.75) is 32.2 Å². The minimum absolute atomic E-state index is 0.103. The van der Waals surface area contributed by atoms with Crippen LogP contribution in [0.2, 0.25) is 0 Å². The lowest BCUT2D eigenvalue weighted by Gasteiger charge is -2.30. The third kappa shape index (κ3) is 3.04. The third-order valence-corrected chi connectivity index (χ3v) is 5.02. The number of nitrogens with one attached hydrogen (secondary N) is 2. The van der Waals surface area contributed by atoms with Crippen LogP contribution >= 0.6 is 0 Å². The van der Waals surface area contributed by atoms with E-state index in [-0.39, 0.29) is 24.6 Å². The van der Waals surface area contributed by atoms with Crippen LogP contribution in [-0.4, -0.2) is 30.4 Å². The highest BCUT2D eigenvalue weighted by atomic mass is 16.5. The highest BCUT2D eigenvalue weighted by molar-refractivity contribution is 5.89. The Morgan fingerprint density at radius 2 is 2.00 bits per heavy atom. The van der Waals surface area contributed by atoms with Gasteiger partial charge in [0.15, 0.2) is 0 Å². The van der Waals surface area contributed by atoms with Gasteiger partial charge in [-0.25, -0.2) is 4.79 Å². The molecule has 4 unspecified atom stereocenters. The van der Waals surface area contributed by atoms with E-state index in [9.17, 15) is 9.90 Å². The van der Waals surface area contributed by atoms with Crippen LogP contribution in [0.3, 0.4) is 0 Å². The van der Waals surface area contributed by atoms with Gasteiger partial charge >= 0.3 is 6.03 Å². The van der Waals surface area contributed by atoms with Gasteiger partial charge in [-0.3, -0.25) is 0 Å². The second kappa shape index (κ2) is 6.57. The van der Waals surface area contributed by atoms with Crippen LogP contribution in [0.1, 0.15) is 26.2 Å². The van der Waals surface area contributed by atoms with Crippen LogP contribution in [-0.2, 0) is 0 Å². The summed E-state index contributed by atoms with van der Waals surface area (Å²) in [6.07, 6.45) is 3.49. The number of urea groups is 1. The van der Waals surface area contributed by atoms with Gasteiger partial charge in [-0.1, -0.05) is 0 Å². The van der Waals surface area contributed by atoms with Crippen molar-refractivity contribution in [2.24, 2.45) is 17.8 Å². The lowest BCUT2D eigenvalue weighted by Crippen LogP contribution is -2.46. The molecule has 4 atom stereocenters. The molecular weight excluding hydrogens is 280 g/mol. The Kier molecular flexibility index (Phi) is 4.52. The second-order valence-electron chi connectivity index (χ2n) is 6.26. The summed E-state index contributed by atoms with van der Waals surface area (Å²) in [5.74, 6) is 2.10. The number of fused-ring (bicyclic) bond motifs is 2. The van der Waals surface area contributed by atoms with Crippen LogP contribution in [0.25, 0.3) is 0 Å². The summed E-state index contributed by atoms with van der Waals surface area (Å²) in [6.45, 7) is 2.72. The van der Waals surface area contributed by atoms with E-state index >= 15 is 0 Å². The Balaban J connectivity index is 1.56. The number of rotatable bonds is 5. The highest BCUT2D eigenvalue weighted by Gasteiger charge is 2.47. The monoisotopic (exact) mass is 304 g/mol. The van der Waals surface area contributed by atoms with E-state index in [1.807, 2.05) is 31.2 Å². The number of carbonyl (C=O) groups is 1. The smallest absolute Gasteiger partial charge is 0.319 e. The predicted octanol–water partition coefficient (Wildman–Crippen LogP) is 2.61. The quantitative estimate of drug-likeness (QED) is 0.783. The Morgan fingerprint density at radius 3 is 2.68 bits per heavy atom. The van der Waals surface area contributed by atoms with Crippen molar-refractivity contribution < 1.29 is 14.6 Å². The number of anilines is 1. The summed E-state index contributed by atoms with van der Waals surface area (Å²) in [7, 11) is 0. The fourth-order valence-electron chi connectivity index (χ4n) is 4.02. The molecule has 3 N–H and O–H groups in total. The van der Waals surface area contributed by atoms with E-state index in [0.717, 1.165) is 24.3 Å². The molecule has 2 fully saturated rings. The normalized spacial score (nSPS) is 29.4. The van der Waals surface area contributed by atoms with Gasteiger partial charge in [0.25, 0.3) is 0 Å². The summed E-state index contributed by atoms with van der Waals surface area (Å²) in [5, 5.41) is 15.5. The van der Waals surface area contributed by atoms with Crippen molar-refractivity contribution in [3.05, 3.63) is 24.3 Å². The Hall–Kier alpha value is -1.75. The molecule has 0 aromatic heterocycles. The zero-order valence-corrected chi connectivity index (χ0v) is 12.9. The van der Waals surface area contributed by atoms with Crippen molar-refractivity contribution in [3.63, 3.8) is 0 Å². The molecule has 2 amide bonds. The Bertz CT molecular complexity index is 517. The maximum Gasteiger partial charge on any atom is 0.319 e. The van der Waals surface area contributed by atoms with Crippen molar-refractivity contribution in [1.82, 2.24) is 5.32 Å². The minimum Gasteiger partial charge on any atom is -0.494 e. The standard InChI is InChI=1S/C17H24N2O3/c1-2-22-14-7-5-13(6-8-14)18-17(21)19-16-12-4-3-11(9-12)15(16)10-20/h5-8,11-12,15-16,20H,2-4,9-10H2,1H3,(H2,18,19,21). The summed E-state index contributed by atoms with van der Waals surface area (Å²) >= 11 is 0. The maximum absolute atomic E-state index is 12.2. The third-order valence-electron chi connectivity index (χ3n) is 5.02. The van der Waals surface area contributed by atoms with Gasteiger partial charge < -0.3 is 20.5 Å². The SMILES string of the molecule is CCOc1ccc(NC(=O)NC2C3CCC(C3)C2CO)cc1. The van der Waals surface area contributed by atoms with E-state index in [1.165, 1.54) is 6.42 Å². The minimum atomic E-state index is -0.194. The van der Waals surface area contributed by atoms with E-state index < -0.39 is 0 Å². The van der Waals surface area contributed by atoms with Crippen molar-refractivity contribution >= 4 is 11.7 Å². The first-order valence-corrected chi connectivity index (χ1v) is 8.12. The molecule has 2 aliphatic rings. The molecule has 2 aliphatic carbocycles. The average molecular weight is 304 g/mol. The average Bonchev–Trinajstić information content (AvgIpc) is 3.10. The summed E-state index contributed by atoms with van der Waals surface area (Å²) in [4.78, 5) is 12.2. The number of aliphatic hydroxyl groups is 1. The predicted molar refractivity (Wildman–Crippen MR) is 85.0 cm³/mol. The van der Waals surface area contributed by atoms with Gasteiger partial charge in [-0.05, 0) is 62.3 Å². The van der Waals surface area contributed by atoms with Crippen LogP contribution in [0.15, 0.2) is 24.3 Å². The number of carbonyl (C=O) groups excluding carboxylic acids is 1. The van der Waals surface area contributed by atoms with Crippen LogP contribution < -0.4 is 15.4 Å². The molecule has 0 radical (unpaired) electrons.